The fourth-order valence-electron chi connectivity index (χ4n) is 0.637. The average Bonchev–Trinajstić information content (AvgIpc) is 1.83. The van der Waals surface area contributed by atoms with Crippen molar-refractivity contribution in [3.8, 4) is 0 Å². The van der Waals surface area contributed by atoms with Crippen LogP contribution in [0.2, 0.25) is 12.6 Å². The maximum atomic E-state index is 10.6. The van der Waals surface area contributed by atoms with Gasteiger partial charge in [-0.15, -0.1) is 0 Å². The second kappa shape index (κ2) is 4.96. The van der Waals surface area contributed by atoms with Crippen LogP contribution in [0, 0.1) is 5.92 Å². The molecule has 55 valence electrons. The minimum absolute atomic E-state index is 0.550. The molecule has 0 amide bonds. The van der Waals surface area contributed by atoms with Crippen LogP contribution >= 0.6 is 0 Å². The van der Waals surface area contributed by atoms with Gasteiger partial charge in [-0.3, -0.25) is 0 Å². The second-order valence-corrected chi connectivity index (χ2v) is 4.93. The van der Waals surface area contributed by atoms with Gasteiger partial charge in [0, 0.05) is 0 Å². The number of nitrogens with two attached hydrogens (primary N) is 1. The lowest BCUT2D eigenvalue weighted by atomic mass is 10.1. The zero-order valence-corrected chi connectivity index (χ0v) is 7.42. The molecule has 0 bridgehead atoms. The highest BCUT2D eigenvalue weighted by Crippen LogP contribution is 2.05. The molecule has 0 saturated carbocycles. The van der Waals surface area contributed by atoms with Crippen molar-refractivity contribution in [3.05, 3.63) is 0 Å². The summed E-state index contributed by atoms with van der Waals surface area (Å²) in [6.45, 7) is 4.65. The number of hydrogen-bond donors (Lipinski definition) is 1. The summed E-state index contributed by atoms with van der Waals surface area (Å²) in [6.07, 6.45) is 1.04. The third kappa shape index (κ3) is 6.02. The van der Waals surface area contributed by atoms with E-state index in [1.54, 1.807) is 0 Å². The third-order valence-corrected chi connectivity index (χ3v) is 2.61. The van der Waals surface area contributed by atoms with Gasteiger partial charge < -0.3 is 10.5 Å². The Bertz CT molecular complexity index is 68.1. The molecule has 0 rings (SSSR count). The van der Waals surface area contributed by atoms with Crippen LogP contribution in [0.5, 0.6) is 0 Å². The van der Waals surface area contributed by atoms with Crippen molar-refractivity contribution in [3.63, 3.8) is 0 Å². The van der Waals surface area contributed by atoms with Crippen LogP contribution in [0.3, 0.4) is 0 Å². The first-order valence-electron chi connectivity index (χ1n) is 3.52. The highest BCUT2D eigenvalue weighted by molar-refractivity contribution is 6.48. The maximum absolute atomic E-state index is 10.6. The van der Waals surface area contributed by atoms with Gasteiger partial charge in [0.1, 0.15) is 0 Å². The molecule has 0 spiro atoms. The minimum atomic E-state index is -1.55. The van der Waals surface area contributed by atoms with E-state index in [-0.39, 0.29) is 0 Å². The molecule has 0 aliphatic heterocycles. The Morgan fingerprint density at radius 2 is 2.22 bits per heavy atom. The van der Waals surface area contributed by atoms with Crippen molar-refractivity contribution in [2.24, 2.45) is 11.7 Å². The Labute approximate surface area is 58.8 Å². The normalized spacial score (nSPS) is 17.3. The molecule has 0 aliphatic carbocycles. The molecule has 0 aromatic rings. The van der Waals surface area contributed by atoms with Crippen LogP contribution in [0.15, 0.2) is 0 Å². The van der Waals surface area contributed by atoms with Gasteiger partial charge >= 0.3 is 0 Å². The monoisotopic (exact) mass is 146 g/mol. The van der Waals surface area contributed by atoms with Gasteiger partial charge in [-0.05, 0) is 31.5 Å². The van der Waals surface area contributed by atoms with Crippen LogP contribution in [-0.4, -0.2) is 15.6 Å². The molecule has 1 radical (unpaired) electrons. The summed E-state index contributed by atoms with van der Waals surface area (Å²) >= 11 is 0. The van der Waals surface area contributed by atoms with Crippen LogP contribution in [-0.2, 0) is 4.80 Å². The minimum Gasteiger partial charge on any atom is -0.330 e. The molecule has 0 heterocycles. The third-order valence-electron chi connectivity index (χ3n) is 1.47. The Kier molecular flexibility index (Phi) is 5.04. The molecule has 0 aromatic carbocycles. The van der Waals surface area contributed by atoms with E-state index in [1.807, 2.05) is 6.55 Å². The molecule has 2 N–H and O–H groups in total. The molecule has 0 fully saturated rings. The zero-order valence-electron chi connectivity index (χ0n) is 6.26. The summed E-state index contributed by atoms with van der Waals surface area (Å²) in [5.74, 6) is 0.550. The first-order valence-corrected chi connectivity index (χ1v) is 5.97. The predicted octanol–water partition coefficient (Wildman–Crippen LogP) is 0.755. The maximum Gasteiger partial charge on any atom is 0.219 e. The summed E-state index contributed by atoms with van der Waals surface area (Å²) in [6, 6.07) is 0.901. The van der Waals surface area contributed by atoms with Crippen molar-refractivity contribution in [1.82, 2.24) is 0 Å². The molecule has 9 heavy (non-hydrogen) atoms. The second-order valence-electron chi connectivity index (χ2n) is 2.73. The van der Waals surface area contributed by atoms with E-state index in [0.29, 0.717) is 5.92 Å². The Balaban J connectivity index is 3.06. The van der Waals surface area contributed by atoms with Crippen molar-refractivity contribution in [2.45, 2.75) is 25.9 Å². The standard InChI is InChI=1S/C6H16NOSi/c1-6(5-7)3-4-9(2)8/h6,9H,3-5,7H2,1-2H3. The summed E-state index contributed by atoms with van der Waals surface area (Å²) in [5, 5.41) is 0. The molecule has 3 heteroatoms. The summed E-state index contributed by atoms with van der Waals surface area (Å²) in [7, 11) is -1.55. The van der Waals surface area contributed by atoms with E-state index in [2.05, 4.69) is 6.92 Å². The topological polar surface area (TPSA) is 45.9 Å². The first-order chi connectivity index (χ1) is 4.16. The van der Waals surface area contributed by atoms with Gasteiger partial charge in [-0.1, -0.05) is 6.92 Å². The van der Waals surface area contributed by atoms with E-state index in [0.717, 1.165) is 19.0 Å². The summed E-state index contributed by atoms with van der Waals surface area (Å²) < 4.78 is 0. The summed E-state index contributed by atoms with van der Waals surface area (Å²) in [4.78, 5) is 10.6. The molecule has 0 saturated heterocycles. The zero-order chi connectivity index (χ0) is 7.28. The Hall–Kier alpha value is 0.137. The predicted molar refractivity (Wildman–Crippen MR) is 41.3 cm³/mol. The molecular weight excluding hydrogens is 130 g/mol. The van der Waals surface area contributed by atoms with Gasteiger partial charge in [0.15, 0.2) is 0 Å². The van der Waals surface area contributed by atoms with Gasteiger partial charge in [0.25, 0.3) is 0 Å². The van der Waals surface area contributed by atoms with Gasteiger partial charge in [-0.2, -0.15) is 0 Å². The quantitative estimate of drug-likeness (QED) is 0.585. The number of rotatable bonds is 4. The van der Waals surface area contributed by atoms with Crippen LogP contribution in [0.25, 0.3) is 0 Å². The van der Waals surface area contributed by atoms with Crippen molar-refractivity contribution in [2.75, 3.05) is 6.54 Å². The van der Waals surface area contributed by atoms with Crippen LogP contribution in [0.4, 0.5) is 0 Å². The Morgan fingerprint density at radius 3 is 2.56 bits per heavy atom. The number of hydrogen-bond acceptors (Lipinski definition) is 1. The first kappa shape index (κ1) is 9.14. The lowest BCUT2D eigenvalue weighted by Gasteiger charge is -2.06. The Morgan fingerprint density at radius 1 is 1.67 bits per heavy atom. The average molecular weight is 146 g/mol. The molecular formula is C6H16NOSi. The van der Waals surface area contributed by atoms with Gasteiger partial charge in [-0.25, -0.2) is 0 Å². The van der Waals surface area contributed by atoms with Crippen molar-refractivity contribution < 1.29 is 4.80 Å². The summed E-state index contributed by atoms with van der Waals surface area (Å²) in [5.41, 5.74) is 5.37. The largest absolute Gasteiger partial charge is 0.330 e. The fourth-order valence-corrected chi connectivity index (χ4v) is 1.68. The molecule has 2 nitrogen and oxygen atoms in total. The highest BCUT2D eigenvalue weighted by atomic mass is 28.3. The highest BCUT2D eigenvalue weighted by Gasteiger charge is 2.04. The van der Waals surface area contributed by atoms with Crippen molar-refractivity contribution >= 4 is 9.04 Å². The molecule has 2 unspecified atom stereocenters. The van der Waals surface area contributed by atoms with Crippen LogP contribution < -0.4 is 5.73 Å². The molecule has 2 atom stereocenters. The van der Waals surface area contributed by atoms with E-state index >= 15 is 0 Å². The van der Waals surface area contributed by atoms with E-state index in [4.69, 9.17) is 5.73 Å². The lowest BCUT2D eigenvalue weighted by Crippen LogP contribution is -2.13. The fraction of sp³-hybridized carbons (Fsp3) is 1.00. The van der Waals surface area contributed by atoms with E-state index in [9.17, 15) is 4.80 Å². The van der Waals surface area contributed by atoms with Crippen molar-refractivity contribution in [1.29, 1.82) is 0 Å². The van der Waals surface area contributed by atoms with E-state index in [1.165, 1.54) is 0 Å². The molecule has 0 aliphatic rings. The SMILES string of the molecule is CC(CN)CC[SiH](C)[O]. The van der Waals surface area contributed by atoms with Crippen LogP contribution in [0.1, 0.15) is 13.3 Å². The molecule has 0 aromatic heterocycles. The van der Waals surface area contributed by atoms with E-state index < -0.39 is 9.04 Å². The lowest BCUT2D eigenvalue weighted by molar-refractivity contribution is 0.441. The van der Waals surface area contributed by atoms with Gasteiger partial charge in [0.2, 0.25) is 9.04 Å². The van der Waals surface area contributed by atoms with Gasteiger partial charge in [0.05, 0.1) is 0 Å². The smallest absolute Gasteiger partial charge is 0.219 e.